The van der Waals surface area contributed by atoms with Crippen molar-refractivity contribution in [2.75, 3.05) is 39.2 Å². The number of hydrogen-bond acceptors (Lipinski definition) is 4. The van der Waals surface area contributed by atoms with Gasteiger partial charge in [0, 0.05) is 45.2 Å². The van der Waals surface area contributed by atoms with Gasteiger partial charge in [-0.3, -0.25) is 0 Å². The van der Waals surface area contributed by atoms with Crippen molar-refractivity contribution in [3.8, 4) is 0 Å². The third-order valence-corrected chi connectivity index (χ3v) is 2.88. The molecule has 0 amide bonds. The number of anilines is 1. The number of nitrogens with one attached hydrogen (secondary N) is 1. The number of imidazole rings is 1. The lowest BCUT2D eigenvalue weighted by molar-refractivity contribution is 0.210. The second-order valence-electron chi connectivity index (χ2n) is 4.44. The first-order valence-corrected chi connectivity index (χ1v) is 6.09. The fourth-order valence-electron chi connectivity index (χ4n) is 1.45. The Labute approximate surface area is 104 Å². The van der Waals surface area contributed by atoms with E-state index in [0.29, 0.717) is 12.6 Å². The number of hydrogen-bond donors (Lipinski definition) is 1. The third kappa shape index (κ3) is 4.75. The van der Waals surface area contributed by atoms with E-state index in [1.165, 1.54) is 0 Å². The van der Waals surface area contributed by atoms with E-state index in [0.717, 1.165) is 25.6 Å². The highest BCUT2D eigenvalue weighted by molar-refractivity contribution is 5.25. The molecule has 0 aliphatic heterocycles. The Morgan fingerprint density at radius 3 is 2.94 bits per heavy atom. The fraction of sp³-hybridized carbons (Fsp3) is 0.750. The molecule has 0 saturated heterocycles. The SMILES string of the molecule is COCCNc1nccn1CCN(C)C(C)C. The topological polar surface area (TPSA) is 42.3 Å². The molecule has 17 heavy (non-hydrogen) atoms. The van der Waals surface area contributed by atoms with Crippen LogP contribution in [0.1, 0.15) is 13.8 Å². The Balaban J connectivity index is 2.40. The van der Waals surface area contributed by atoms with Gasteiger partial charge >= 0.3 is 0 Å². The molecular weight excluding hydrogens is 216 g/mol. The smallest absolute Gasteiger partial charge is 0.202 e. The molecule has 1 rings (SSSR count). The molecule has 1 aromatic heterocycles. The minimum Gasteiger partial charge on any atom is -0.383 e. The Hall–Kier alpha value is -1.07. The van der Waals surface area contributed by atoms with Crippen LogP contribution < -0.4 is 5.32 Å². The van der Waals surface area contributed by atoms with E-state index in [1.807, 2.05) is 12.4 Å². The molecular formula is C12H24N4O. The van der Waals surface area contributed by atoms with Crippen molar-refractivity contribution in [1.29, 1.82) is 0 Å². The predicted octanol–water partition coefficient (Wildman–Crippen LogP) is 1.28. The normalized spacial score (nSPS) is 11.4. The van der Waals surface area contributed by atoms with Crippen molar-refractivity contribution in [3.05, 3.63) is 12.4 Å². The summed E-state index contributed by atoms with van der Waals surface area (Å²) in [7, 11) is 3.84. The highest BCUT2D eigenvalue weighted by Gasteiger charge is 2.05. The Bertz CT molecular complexity index is 311. The lowest BCUT2D eigenvalue weighted by Crippen LogP contribution is -2.30. The van der Waals surface area contributed by atoms with Crippen molar-refractivity contribution >= 4 is 5.95 Å². The Morgan fingerprint density at radius 2 is 2.29 bits per heavy atom. The van der Waals surface area contributed by atoms with E-state index in [-0.39, 0.29) is 0 Å². The summed E-state index contributed by atoms with van der Waals surface area (Å²) < 4.78 is 7.14. The molecule has 0 saturated carbocycles. The molecule has 1 N–H and O–H groups in total. The molecule has 0 bridgehead atoms. The lowest BCUT2D eigenvalue weighted by Gasteiger charge is -2.21. The second kappa shape index (κ2) is 7.29. The van der Waals surface area contributed by atoms with Crippen LogP contribution in [-0.4, -0.2) is 54.3 Å². The summed E-state index contributed by atoms with van der Waals surface area (Å²) >= 11 is 0. The lowest BCUT2D eigenvalue weighted by atomic mass is 10.3. The molecule has 98 valence electrons. The maximum absolute atomic E-state index is 5.00. The minimum atomic E-state index is 0.573. The van der Waals surface area contributed by atoms with Crippen LogP contribution in [0.3, 0.4) is 0 Å². The number of nitrogens with zero attached hydrogens (tertiary/aromatic N) is 3. The first kappa shape index (κ1) is 14.0. The predicted molar refractivity (Wildman–Crippen MR) is 70.4 cm³/mol. The molecule has 0 aliphatic carbocycles. The quantitative estimate of drug-likeness (QED) is 0.695. The molecule has 0 radical (unpaired) electrons. The molecule has 0 aliphatic rings. The minimum absolute atomic E-state index is 0.573. The van der Waals surface area contributed by atoms with Gasteiger partial charge in [0.25, 0.3) is 0 Å². The van der Waals surface area contributed by atoms with Crippen LogP contribution in [0.15, 0.2) is 12.4 Å². The van der Waals surface area contributed by atoms with Crippen LogP contribution in [0.4, 0.5) is 5.95 Å². The standard InChI is InChI=1S/C12H24N4O/c1-11(2)15(3)8-9-16-7-5-13-12(16)14-6-10-17-4/h5,7,11H,6,8-10H2,1-4H3,(H,13,14). The molecule has 0 aromatic carbocycles. The van der Waals surface area contributed by atoms with Crippen molar-refractivity contribution in [1.82, 2.24) is 14.5 Å². The van der Waals surface area contributed by atoms with E-state index in [9.17, 15) is 0 Å². The van der Waals surface area contributed by atoms with E-state index in [4.69, 9.17) is 4.74 Å². The van der Waals surface area contributed by atoms with Gasteiger partial charge in [-0.1, -0.05) is 0 Å². The first-order valence-electron chi connectivity index (χ1n) is 6.09. The summed E-state index contributed by atoms with van der Waals surface area (Å²) in [6, 6.07) is 0.573. The van der Waals surface area contributed by atoms with Crippen LogP contribution >= 0.6 is 0 Å². The Kier molecular flexibility index (Phi) is 6.00. The molecule has 0 fully saturated rings. The monoisotopic (exact) mass is 240 g/mol. The van der Waals surface area contributed by atoms with E-state index >= 15 is 0 Å². The largest absolute Gasteiger partial charge is 0.383 e. The average Bonchev–Trinajstić information content (AvgIpc) is 2.74. The van der Waals surface area contributed by atoms with Crippen molar-refractivity contribution in [3.63, 3.8) is 0 Å². The van der Waals surface area contributed by atoms with Gasteiger partial charge in [0.2, 0.25) is 5.95 Å². The van der Waals surface area contributed by atoms with E-state index in [1.54, 1.807) is 7.11 Å². The van der Waals surface area contributed by atoms with Crippen molar-refractivity contribution in [2.24, 2.45) is 0 Å². The molecule has 1 aromatic rings. The fourth-order valence-corrected chi connectivity index (χ4v) is 1.45. The number of likely N-dealkylation sites (N-methyl/N-ethyl adjacent to an activating group) is 1. The summed E-state index contributed by atoms with van der Waals surface area (Å²) in [6.07, 6.45) is 3.83. The van der Waals surface area contributed by atoms with Gasteiger partial charge in [-0.2, -0.15) is 0 Å². The summed E-state index contributed by atoms with van der Waals surface area (Å²) in [5.74, 6) is 0.916. The molecule has 1 heterocycles. The maximum atomic E-state index is 5.00. The van der Waals surface area contributed by atoms with Crippen LogP contribution in [0.2, 0.25) is 0 Å². The van der Waals surface area contributed by atoms with Gasteiger partial charge in [-0.25, -0.2) is 4.98 Å². The van der Waals surface area contributed by atoms with Gasteiger partial charge in [-0.05, 0) is 20.9 Å². The zero-order valence-electron chi connectivity index (χ0n) is 11.3. The number of methoxy groups -OCH3 is 1. The van der Waals surface area contributed by atoms with Gasteiger partial charge in [0.05, 0.1) is 6.61 Å². The van der Waals surface area contributed by atoms with Crippen LogP contribution in [0.5, 0.6) is 0 Å². The zero-order chi connectivity index (χ0) is 12.7. The van der Waals surface area contributed by atoms with Gasteiger partial charge in [0.1, 0.15) is 0 Å². The summed E-state index contributed by atoms with van der Waals surface area (Å²) in [6.45, 7) is 7.85. The third-order valence-electron chi connectivity index (χ3n) is 2.88. The van der Waals surface area contributed by atoms with Crippen LogP contribution in [0, 0.1) is 0 Å². The van der Waals surface area contributed by atoms with Crippen molar-refractivity contribution in [2.45, 2.75) is 26.4 Å². The second-order valence-corrected chi connectivity index (χ2v) is 4.44. The van der Waals surface area contributed by atoms with Gasteiger partial charge < -0.3 is 19.5 Å². The number of rotatable bonds is 8. The highest BCUT2D eigenvalue weighted by atomic mass is 16.5. The maximum Gasteiger partial charge on any atom is 0.202 e. The van der Waals surface area contributed by atoms with E-state index in [2.05, 4.69) is 40.7 Å². The van der Waals surface area contributed by atoms with Crippen LogP contribution in [-0.2, 0) is 11.3 Å². The van der Waals surface area contributed by atoms with Crippen LogP contribution in [0.25, 0.3) is 0 Å². The number of ether oxygens (including phenoxy) is 1. The summed E-state index contributed by atoms with van der Waals surface area (Å²) in [5.41, 5.74) is 0. The molecule has 5 heteroatoms. The Morgan fingerprint density at radius 1 is 1.53 bits per heavy atom. The van der Waals surface area contributed by atoms with Crippen molar-refractivity contribution < 1.29 is 4.74 Å². The van der Waals surface area contributed by atoms with Gasteiger partial charge in [0.15, 0.2) is 0 Å². The van der Waals surface area contributed by atoms with E-state index < -0.39 is 0 Å². The highest BCUT2D eigenvalue weighted by Crippen LogP contribution is 2.04. The molecule has 0 atom stereocenters. The first-order chi connectivity index (χ1) is 8.15. The molecule has 0 unspecified atom stereocenters. The molecule has 5 nitrogen and oxygen atoms in total. The summed E-state index contributed by atoms with van der Waals surface area (Å²) in [4.78, 5) is 6.61. The molecule has 0 spiro atoms. The zero-order valence-corrected chi connectivity index (χ0v) is 11.3. The summed E-state index contributed by atoms with van der Waals surface area (Å²) in [5, 5.41) is 3.26. The van der Waals surface area contributed by atoms with Gasteiger partial charge in [-0.15, -0.1) is 0 Å². The number of aromatic nitrogens is 2. The average molecular weight is 240 g/mol.